The fourth-order valence-corrected chi connectivity index (χ4v) is 3.25. The summed E-state index contributed by atoms with van der Waals surface area (Å²) in [5.74, 6) is -0.0323. The first kappa shape index (κ1) is 17.5. The van der Waals surface area contributed by atoms with Gasteiger partial charge in [0.25, 0.3) is 5.89 Å². The number of halogens is 2. The number of hydrogen-bond acceptors (Lipinski definition) is 6. The Morgan fingerprint density at radius 3 is 2.48 bits per heavy atom. The van der Waals surface area contributed by atoms with Crippen LogP contribution in [-0.2, 0) is 0 Å². The van der Waals surface area contributed by atoms with Crippen molar-refractivity contribution in [3.8, 4) is 34.2 Å². The average Bonchev–Trinajstić information content (AvgIpc) is 3.17. The highest BCUT2D eigenvalue weighted by Crippen LogP contribution is 2.38. The van der Waals surface area contributed by atoms with Crippen LogP contribution in [0.4, 0.5) is 8.78 Å². The second-order valence-corrected chi connectivity index (χ2v) is 6.97. The average molecular weight is 391 g/mol. The first-order valence-corrected chi connectivity index (χ1v) is 9.24. The van der Waals surface area contributed by atoms with E-state index in [-0.39, 0.29) is 11.7 Å². The molecule has 0 aromatic carbocycles. The maximum Gasteiger partial charge on any atom is 0.276 e. The lowest BCUT2D eigenvalue weighted by atomic mass is 9.82. The summed E-state index contributed by atoms with van der Waals surface area (Å²) in [6.07, 6.45) is 7.15. The number of aromatic nitrogens is 5. The second-order valence-electron chi connectivity index (χ2n) is 6.97. The Labute approximate surface area is 164 Å². The first-order chi connectivity index (χ1) is 14.2. The van der Waals surface area contributed by atoms with Gasteiger partial charge in [-0.1, -0.05) is 11.6 Å². The quantitative estimate of drug-likeness (QED) is 0.497. The van der Waals surface area contributed by atoms with E-state index in [9.17, 15) is 8.78 Å². The van der Waals surface area contributed by atoms with Crippen molar-refractivity contribution in [1.29, 1.82) is 0 Å². The lowest BCUT2D eigenvalue weighted by Gasteiger charge is -2.25. The summed E-state index contributed by atoms with van der Waals surface area (Å²) in [4.78, 5) is 17.0. The summed E-state index contributed by atoms with van der Waals surface area (Å²) >= 11 is 0. The minimum Gasteiger partial charge on any atom is -0.332 e. The SMILES string of the molecule is Fc1ccc(-c2nc(-c3cc(-c4cncc(F)c4)cc(C4CCC4)n3)no2)nc1. The highest BCUT2D eigenvalue weighted by molar-refractivity contribution is 5.68. The van der Waals surface area contributed by atoms with E-state index in [4.69, 9.17) is 9.51 Å². The van der Waals surface area contributed by atoms with Crippen LogP contribution in [0.25, 0.3) is 34.2 Å². The minimum absolute atomic E-state index is 0.171. The monoisotopic (exact) mass is 391 g/mol. The molecule has 0 amide bonds. The lowest BCUT2D eigenvalue weighted by molar-refractivity contribution is 0.411. The van der Waals surface area contributed by atoms with Crippen molar-refractivity contribution in [2.24, 2.45) is 0 Å². The van der Waals surface area contributed by atoms with E-state index in [1.165, 1.54) is 24.4 Å². The van der Waals surface area contributed by atoms with Crippen molar-refractivity contribution >= 4 is 0 Å². The molecule has 0 aliphatic heterocycles. The van der Waals surface area contributed by atoms with E-state index in [2.05, 4.69) is 20.1 Å². The predicted octanol–water partition coefficient (Wildman–Crippen LogP) is 4.80. The maximum atomic E-state index is 13.7. The molecule has 0 unspecified atom stereocenters. The molecule has 4 heterocycles. The van der Waals surface area contributed by atoms with Crippen molar-refractivity contribution in [3.05, 3.63) is 66.3 Å². The van der Waals surface area contributed by atoms with Gasteiger partial charge < -0.3 is 4.52 Å². The molecule has 1 saturated carbocycles. The summed E-state index contributed by atoms with van der Waals surface area (Å²) in [6.45, 7) is 0. The van der Waals surface area contributed by atoms with Gasteiger partial charge in [0.05, 0.1) is 12.4 Å². The third-order valence-corrected chi connectivity index (χ3v) is 5.01. The molecule has 29 heavy (non-hydrogen) atoms. The molecule has 4 aromatic rings. The van der Waals surface area contributed by atoms with Crippen LogP contribution in [0.5, 0.6) is 0 Å². The zero-order chi connectivity index (χ0) is 19.8. The molecule has 8 heteroatoms. The zero-order valence-corrected chi connectivity index (χ0v) is 15.2. The third kappa shape index (κ3) is 3.49. The number of hydrogen-bond donors (Lipinski definition) is 0. The van der Waals surface area contributed by atoms with Crippen LogP contribution < -0.4 is 0 Å². The number of nitrogens with zero attached hydrogens (tertiary/aromatic N) is 5. The molecule has 0 N–H and O–H groups in total. The molecule has 0 saturated heterocycles. The van der Waals surface area contributed by atoms with Crippen LogP contribution in [0.1, 0.15) is 30.9 Å². The van der Waals surface area contributed by atoms with E-state index in [1.807, 2.05) is 6.07 Å². The number of rotatable bonds is 4. The van der Waals surface area contributed by atoms with Crippen molar-refractivity contribution in [2.45, 2.75) is 25.2 Å². The van der Waals surface area contributed by atoms with Gasteiger partial charge in [0.2, 0.25) is 5.82 Å². The standard InChI is InChI=1S/C21H15F2N5O/c22-15-4-5-17(25-11-15)21-27-20(28-29-21)19-8-13(14-6-16(23)10-24-9-14)7-18(26-19)12-2-1-3-12/h4-12H,1-3H2. The van der Waals surface area contributed by atoms with Gasteiger partial charge in [0, 0.05) is 23.4 Å². The summed E-state index contributed by atoms with van der Waals surface area (Å²) in [6, 6.07) is 7.92. The van der Waals surface area contributed by atoms with Crippen molar-refractivity contribution in [3.63, 3.8) is 0 Å². The summed E-state index contributed by atoms with van der Waals surface area (Å²) in [5.41, 5.74) is 3.24. The van der Waals surface area contributed by atoms with Gasteiger partial charge in [-0.2, -0.15) is 4.98 Å². The van der Waals surface area contributed by atoms with Crippen LogP contribution in [-0.4, -0.2) is 25.1 Å². The van der Waals surface area contributed by atoms with Crippen LogP contribution in [0.2, 0.25) is 0 Å². The zero-order valence-electron chi connectivity index (χ0n) is 15.2. The Kier molecular flexibility index (Phi) is 4.31. The molecule has 0 spiro atoms. The Morgan fingerprint density at radius 2 is 1.76 bits per heavy atom. The molecule has 1 fully saturated rings. The molecular formula is C21H15F2N5O. The summed E-state index contributed by atoms with van der Waals surface area (Å²) < 4.78 is 32.1. The van der Waals surface area contributed by atoms with E-state index >= 15 is 0 Å². The normalized spacial score (nSPS) is 14.0. The molecule has 6 nitrogen and oxygen atoms in total. The van der Waals surface area contributed by atoms with E-state index in [0.29, 0.717) is 22.9 Å². The topological polar surface area (TPSA) is 77.6 Å². The molecule has 0 bridgehead atoms. The third-order valence-electron chi connectivity index (χ3n) is 5.01. The number of pyridine rings is 3. The van der Waals surface area contributed by atoms with Crippen molar-refractivity contribution in [2.75, 3.05) is 0 Å². The van der Waals surface area contributed by atoms with E-state index in [0.717, 1.165) is 36.7 Å². The Balaban J connectivity index is 1.57. The molecule has 0 atom stereocenters. The van der Waals surface area contributed by atoms with Crippen molar-refractivity contribution in [1.82, 2.24) is 25.1 Å². The van der Waals surface area contributed by atoms with Gasteiger partial charge in [-0.05, 0) is 48.7 Å². The summed E-state index contributed by atoms with van der Waals surface area (Å²) in [5, 5.41) is 4.01. The Hall–Kier alpha value is -3.55. The van der Waals surface area contributed by atoms with Gasteiger partial charge in [-0.25, -0.2) is 18.7 Å². The van der Waals surface area contributed by atoms with Gasteiger partial charge in [-0.15, -0.1) is 0 Å². The summed E-state index contributed by atoms with van der Waals surface area (Å²) in [7, 11) is 0. The van der Waals surface area contributed by atoms with Gasteiger partial charge >= 0.3 is 0 Å². The van der Waals surface area contributed by atoms with Crippen LogP contribution in [0.3, 0.4) is 0 Å². The van der Waals surface area contributed by atoms with Crippen molar-refractivity contribution < 1.29 is 13.3 Å². The molecule has 5 rings (SSSR count). The molecule has 1 aliphatic rings. The highest BCUT2D eigenvalue weighted by Gasteiger charge is 2.23. The first-order valence-electron chi connectivity index (χ1n) is 9.24. The van der Waals surface area contributed by atoms with E-state index < -0.39 is 11.6 Å². The fourth-order valence-electron chi connectivity index (χ4n) is 3.25. The Bertz CT molecular complexity index is 1170. The molecular weight excluding hydrogens is 376 g/mol. The molecule has 1 aliphatic carbocycles. The second kappa shape index (κ2) is 7.12. The van der Waals surface area contributed by atoms with Crippen LogP contribution in [0, 0.1) is 11.6 Å². The highest BCUT2D eigenvalue weighted by atomic mass is 19.1. The maximum absolute atomic E-state index is 13.7. The van der Waals surface area contributed by atoms with Gasteiger partial charge in [0.15, 0.2) is 0 Å². The van der Waals surface area contributed by atoms with Crippen LogP contribution in [0.15, 0.2) is 53.4 Å². The van der Waals surface area contributed by atoms with Crippen LogP contribution >= 0.6 is 0 Å². The molecule has 144 valence electrons. The lowest BCUT2D eigenvalue weighted by Crippen LogP contribution is -2.11. The van der Waals surface area contributed by atoms with Gasteiger partial charge in [0.1, 0.15) is 23.0 Å². The molecule has 0 radical (unpaired) electrons. The van der Waals surface area contributed by atoms with E-state index in [1.54, 1.807) is 12.3 Å². The fraction of sp³-hybridized carbons (Fsp3) is 0.190. The predicted molar refractivity (Wildman–Crippen MR) is 100 cm³/mol. The smallest absolute Gasteiger partial charge is 0.276 e. The largest absolute Gasteiger partial charge is 0.332 e. The van der Waals surface area contributed by atoms with Gasteiger partial charge in [-0.3, -0.25) is 4.98 Å². The minimum atomic E-state index is -0.448. The Morgan fingerprint density at radius 1 is 0.862 bits per heavy atom. The molecule has 4 aromatic heterocycles.